The van der Waals surface area contributed by atoms with Gasteiger partial charge in [-0.15, -0.1) is 0 Å². The van der Waals surface area contributed by atoms with Crippen LogP contribution in [0.25, 0.3) is 0 Å². The second-order valence-corrected chi connectivity index (χ2v) is 8.81. The van der Waals surface area contributed by atoms with Gasteiger partial charge in [-0.3, -0.25) is 9.10 Å². The third-order valence-electron chi connectivity index (χ3n) is 4.42. The fourth-order valence-corrected chi connectivity index (χ4v) is 4.41. The van der Waals surface area contributed by atoms with Gasteiger partial charge in [0.2, 0.25) is 5.91 Å². The number of ether oxygens (including phenoxy) is 1. The molecule has 3 aromatic carbocycles. The first-order valence-electron chi connectivity index (χ1n) is 9.09. The molecule has 3 aromatic rings. The number of nitrogens with zero attached hydrogens (tertiary/aromatic N) is 1. The van der Waals surface area contributed by atoms with Crippen molar-refractivity contribution < 1.29 is 17.9 Å². The van der Waals surface area contributed by atoms with Crippen LogP contribution < -0.4 is 14.4 Å². The number of halogens is 1. The highest BCUT2D eigenvalue weighted by Crippen LogP contribution is 2.28. The van der Waals surface area contributed by atoms with Gasteiger partial charge in [-0.25, -0.2) is 8.42 Å². The van der Waals surface area contributed by atoms with Crippen LogP contribution >= 0.6 is 11.6 Å². The zero-order valence-corrected chi connectivity index (χ0v) is 18.1. The Labute approximate surface area is 181 Å². The Bertz CT molecular complexity index is 1150. The summed E-state index contributed by atoms with van der Waals surface area (Å²) in [5.74, 6) is 0.0753. The van der Waals surface area contributed by atoms with Gasteiger partial charge in [-0.05, 0) is 48.9 Å². The third-order valence-corrected chi connectivity index (χ3v) is 6.61. The highest BCUT2D eigenvalue weighted by Gasteiger charge is 2.27. The minimum Gasteiger partial charge on any atom is -0.497 e. The van der Waals surface area contributed by atoms with Crippen molar-refractivity contribution in [2.45, 2.75) is 11.8 Å². The van der Waals surface area contributed by atoms with Gasteiger partial charge in [0, 0.05) is 16.8 Å². The van der Waals surface area contributed by atoms with E-state index >= 15 is 0 Å². The summed E-state index contributed by atoms with van der Waals surface area (Å²) < 4.78 is 32.8. The molecular formula is C22H21ClN2O4S. The van der Waals surface area contributed by atoms with Crippen molar-refractivity contribution in [3.05, 3.63) is 83.4 Å². The molecule has 3 rings (SSSR count). The second-order valence-electron chi connectivity index (χ2n) is 6.54. The first kappa shape index (κ1) is 21.7. The predicted molar refractivity (Wildman–Crippen MR) is 119 cm³/mol. The molecule has 156 valence electrons. The SMILES string of the molecule is COc1cccc(NC(=O)CN(c2ccc(C)c(Cl)c2)S(=O)(=O)c2ccccc2)c1. The van der Waals surface area contributed by atoms with E-state index in [9.17, 15) is 13.2 Å². The van der Waals surface area contributed by atoms with E-state index in [0.29, 0.717) is 22.1 Å². The summed E-state index contributed by atoms with van der Waals surface area (Å²) in [5, 5.41) is 3.12. The Kier molecular flexibility index (Phi) is 6.64. The fourth-order valence-electron chi connectivity index (χ4n) is 2.80. The number of amides is 1. The molecule has 1 amide bonds. The lowest BCUT2D eigenvalue weighted by Gasteiger charge is -2.24. The standard InChI is InChI=1S/C22H21ClN2O4S/c1-16-11-12-18(14-21(16)23)25(30(27,28)20-9-4-3-5-10-20)15-22(26)24-17-7-6-8-19(13-17)29-2/h3-14H,15H2,1-2H3,(H,24,26). The molecule has 0 atom stereocenters. The molecule has 0 spiro atoms. The van der Waals surface area contributed by atoms with Gasteiger partial charge < -0.3 is 10.1 Å². The van der Waals surface area contributed by atoms with Crippen LogP contribution in [-0.2, 0) is 14.8 Å². The maximum absolute atomic E-state index is 13.3. The number of nitrogens with one attached hydrogen (secondary N) is 1. The molecule has 1 N–H and O–H groups in total. The number of carbonyl (C=O) groups excluding carboxylic acids is 1. The van der Waals surface area contributed by atoms with E-state index < -0.39 is 22.5 Å². The summed E-state index contributed by atoms with van der Waals surface area (Å²) in [4.78, 5) is 12.8. The molecule has 0 heterocycles. The van der Waals surface area contributed by atoms with E-state index in [2.05, 4.69) is 5.32 Å². The van der Waals surface area contributed by atoms with E-state index in [1.165, 1.54) is 25.3 Å². The molecule has 0 aliphatic rings. The van der Waals surface area contributed by atoms with E-state index in [-0.39, 0.29) is 4.90 Å². The van der Waals surface area contributed by atoms with E-state index in [0.717, 1.165) is 9.87 Å². The number of hydrogen-bond acceptors (Lipinski definition) is 4. The van der Waals surface area contributed by atoms with Crippen LogP contribution in [0.5, 0.6) is 5.75 Å². The molecule has 0 saturated carbocycles. The second kappa shape index (κ2) is 9.19. The maximum atomic E-state index is 13.3. The van der Waals surface area contributed by atoms with Crippen LogP contribution in [0.4, 0.5) is 11.4 Å². The van der Waals surface area contributed by atoms with Crippen molar-refractivity contribution in [2.24, 2.45) is 0 Å². The smallest absolute Gasteiger partial charge is 0.264 e. The molecule has 0 unspecified atom stereocenters. The summed E-state index contributed by atoms with van der Waals surface area (Å²) in [5.41, 5.74) is 1.60. The van der Waals surface area contributed by atoms with Crippen LogP contribution in [-0.4, -0.2) is 28.0 Å². The van der Waals surface area contributed by atoms with E-state index in [1.807, 2.05) is 6.92 Å². The summed E-state index contributed by atoms with van der Waals surface area (Å²) in [6.45, 7) is 1.39. The quantitative estimate of drug-likeness (QED) is 0.582. The topological polar surface area (TPSA) is 75.7 Å². The molecule has 0 aliphatic heterocycles. The Balaban J connectivity index is 1.95. The number of carbonyl (C=O) groups is 1. The average molecular weight is 445 g/mol. The Morgan fingerprint density at radius 2 is 1.77 bits per heavy atom. The minimum atomic E-state index is -3.99. The first-order chi connectivity index (χ1) is 14.3. The first-order valence-corrected chi connectivity index (χ1v) is 10.9. The maximum Gasteiger partial charge on any atom is 0.264 e. The highest BCUT2D eigenvalue weighted by molar-refractivity contribution is 7.92. The van der Waals surface area contributed by atoms with Gasteiger partial charge >= 0.3 is 0 Å². The number of sulfonamides is 1. The van der Waals surface area contributed by atoms with Crippen molar-refractivity contribution in [3.63, 3.8) is 0 Å². The summed E-state index contributed by atoms with van der Waals surface area (Å²) in [7, 11) is -2.47. The lowest BCUT2D eigenvalue weighted by Crippen LogP contribution is -2.38. The lowest BCUT2D eigenvalue weighted by molar-refractivity contribution is -0.114. The van der Waals surface area contributed by atoms with Crippen LogP contribution in [0, 0.1) is 6.92 Å². The van der Waals surface area contributed by atoms with E-state index in [4.69, 9.17) is 16.3 Å². The lowest BCUT2D eigenvalue weighted by atomic mass is 10.2. The summed E-state index contributed by atoms with van der Waals surface area (Å²) >= 11 is 6.22. The molecular weight excluding hydrogens is 424 g/mol. The Morgan fingerprint density at radius 1 is 1.03 bits per heavy atom. The highest BCUT2D eigenvalue weighted by atomic mass is 35.5. The molecule has 0 bridgehead atoms. The zero-order chi connectivity index (χ0) is 21.7. The normalized spacial score (nSPS) is 11.0. The van der Waals surface area contributed by atoms with Crippen LogP contribution in [0.3, 0.4) is 0 Å². The average Bonchev–Trinajstić information content (AvgIpc) is 2.74. The van der Waals surface area contributed by atoms with Crippen molar-refractivity contribution >= 4 is 38.9 Å². The predicted octanol–water partition coefficient (Wildman–Crippen LogP) is 4.49. The number of hydrogen-bond donors (Lipinski definition) is 1. The summed E-state index contributed by atoms with van der Waals surface area (Å²) in [6, 6.07) is 19.6. The Morgan fingerprint density at radius 3 is 2.43 bits per heavy atom. The zero-order valence-electron chi connectivity index (χ0n) is 16.5. The van der Waals surface area contributed by atoms with Gasteiger partial charge in [-0.1, -0.05) is 41.9 Å². The largest absolute Gasteiger partial charge is 0.497 e. The minimum absolute atomic E-state index is 0.0795. The fraction of sp³-hybridized carbons (Fsp3) is 0.136. The summed E-state index contributed by atoms with van der Waals surface area (Å²) in [6.07, 6.45) is 0. The molecule has 0 saturated heterocycles. The van der Waals surface area contributed by atoms with Gasteiger partial charge in [-0.2, -0.15) is 0 Å². The monoisotopic (exact) mass is 444 g/mol. The third kappa shape index (κ3) is 4.93. The molecule has 0 fully saturated rings. The number of anilines is 2. The van der Waals surface area contributed by atoms with Crippen molar-refractivity contribution in [1.29, 1.82) is 0 Å². The van der Waals surface area contributed by atoms with Crippen molar-refractivity contribution in [3.8, 4) is 5.75 Å². The molecule has 0 aromatic heterocycles. The van der Waals surface area contributed by atoms with Crippen LogP contribution in [0.15, 0.2) is 77.7 Å². The molecule has 0 aliphatic carbocycles. The van der Waals surface area contributed by atoms with Gasteiger partial charge in [0.05, 0.1) is 17.7 Å². The number of benzene rings is 3. The van der Waals surface area contributed by atoms with Gasteiger partial charge in [0.15, 0.2) is 0 Å². The van der Waals surface area contributed by atoms with Crippen LogP contribution in [0.1, 0.15) is 5.56 Å². The van der Waals surface area contributed by atoms with Crippen molar-refractivity contribution in [1.82, 2.24) is 0 Å². The molecule has 0 radical (unpaired) electrons. The number of aryl methyl sites for hydroxylation is 1. The number of methoxy groups -OCH3 is 1. The molecule has 8 heteroatoms. The molecule has 30 heavy (non-hydrogen) atoms. The Hall–Kier alpha value is -3.03. The van der Waals surface area contributed by atoms with Gasteiger partial charge in [0.1, 0.15) is 12.3 Å². The van der Waals surface area contributed by atoms with Crippen molar-refractivity contribution in [2.75, 3.05) is 23.3 Å². The number of rotatable bonds is 7. The van der Waals surface area contributed by atoms with Gasteiger partial charge in [0.25, 0.3) is 10.0 Å². The molecule has 6 nitrogen and oxygen atoms in total. The van der Waals surface area contributed by atoms with Crippen LogP contribution in [0.2, 0.25) is 5.02 Å². The van der Waals surface area contributed by atoms with E-state index in [1.54, 1.807) is 54.6 Å².